The van der Waals surface area contributed by atoms with Gasteiger partial charge < -0.3 is 5.32 Å². The maximum Gasteiger partial charge on any atom is 0.252 e. The number of benzene rings is 1. The lowest BCUT2D eigenvalue weighted by atomic mass is 10.2. The summed E-state index contributed by atoms with van der Waals surface area (Å²) in [5.41, 5.74) is 0.750. The summed E-state index contributed by atoms with van der Waals surface area (Å²) in [5, 5.41) is 2.76. The molecule has 1 rings (SSSR count). The number of hydrogen-bond acceptors (Lipinski definition) is 1. The minimum atomic E-state index is 0.00231. The fourth-order valence-electron chi connectivity index (χ4n) is 0.901. The van der Waals surface area contributed by atoms with Crippen LogP contribution in [0.1, 0.15) is 17.3 Å². The first-order chi connectivity index (χ1) is 5.75. The highest BCUT2D eigenvalue weighted by atomic mass is 127. The van der Waals surface area contributed by atoms with Crippen molar-refractivity contribution >= 4 is 28.5 Å². The van der Waals surface area contributed by atoms with Gasteiger partial charge in [0, 0.05) is 10.1 Å². The molecule has 0 unspecified atom stereocenters. The Morgan fingerprint density at radius 1 is 1.50 bits per heavy atom. The third-order valence-electron chi connectivity index (χ3n) is 1.46. The molecule has 1 N–H and O–H groups in total. The molecule has 0 aliphatic rings. The van der Waals surface area contributed by atoms with Crippen LogP contribution in [0.3, 0.4) is 0 Å². The van der Waals surface area contributed by atoms with Crippen LogP contribution >= 0.6 is 22.6 Å². The Kier molecular flexibility index (Phi) is 3.52. The largest absolute Gasteiger partial charge is 0.352 e. The second-order valence-corrected chi connectivity index (χ2v) is 3.50. The molecule has 0 aromatic heterocycles. The molecule has 64 valence electrons. The van der Waals surface area contributed by atoms with E-state index in [-0.39, 0.29) is 5.91 Å². The highest BCUT2D eigenvalue weighted by Crippen LogP contribution is 2.10. The summed E-state index contributed by atoms with van der Waals surface area (Å²) in [4.78, 5) is 11.3. The molecule has 1 aromatic rings. The number of halogens is 1. The summed E-state index contributed by atoms with van der Waals surface area (Å²) < 4.78 is 0.987. The van der Waals surface area contributed by atoms with Crippen molar-refractivity contribution in [3.63, 3.8) is 0 Å². The molecule has 0 fully saturated rings. The number of amides is 1. The van der Waals surface area contributed by atoms with Crippen LogP contribution in [0.2, 0.25) is 0 Å². The SMILES string of the molecule is CCNC(=O)c1ccccc1I. The normalized spacial score (nSPS) is 9.50. The van der Waals surface area contributed by atoms with Crippen molar-refractivity contribution < 1.29 is 4.79 Å². The zero-order valence-electron chi connectivity index (χ0n) is 6.80. The van der Waals surface area contributed by atoms with Gasteiger partial charge in [-0.25, -0.2) is 0 Å². The van der Waals surface area contributed by atoms with Crippen molar-refractivity contribution in [3.05, 3.63) is 33.4 Å². The topological polar surface area (TPSA) is 29.1 Å². The Bertz CT molecular complexity index is 286. The lowest BCUT2D eigenvalue weighted by molar-refractivity contribution is 0.0955. The van der Waals surface area contributed by atoms with Gasteiger partial charge in [0.1, 0.15) is 0 Å². The second kappa shape index (κ2) is 4.45. The quantitative estimate of drug-likeness (QED) is 0.822. The molecule has 0 heterocycles. The van der Waals surface area contributed by atoms with Crippen molar-refractivity contribution in [2.45, 2.75) is 6.92 Å². The number of nitrogens with one attached hydrogen (secondary N) is 1. The maximum absolute atomic E-state index is 11.3. The first kappa shape index (κ1) is 9.51. The van der Waals surface area contributed by atoms with Crippen molar-refractivity contribution in [1.82, 2.24) is 5.32 Å². The van der Waals surface area contributed by atoms with E-state index in [1.54, 1.807) is 0 Å². The maximum atomic E-state index is 11.3. The minimum absolute atomic E-state index is 0.00231. The number of carbonyl (C=O) groups excluding carboxylic acids is 1. The number of carbonyl (C=O) groups is 1. The fraction of sp³-hybridized carbons (Fsp3) is 0.222. The highest BCUT2D eigenvalue weighted by Gasteiger charge is 2.06. The lowest BCUT2D eigenvalue weighted by Gasteiger charge is -2.03. The molecule has 1 aromatic carbocycles. The molecule has 3 heteroatoms. The standard InChI is InChI=1S/C9H10INO/c1-2-11-9(12)7-5-3-4-6-8(7)10/h3-6H,2H2,1H3,(H,11,12). The van der Waals surface area contributed by atoms with Gasteiger partial charge in [0.2, 0.25) is 0 Å². The molecule has 0 atom stereocenters. The van der Waals surface area contributed by atoms with E-state index in [0.29, 0.717) is 6.54 Å². The molecule has 0 saturated heterocycles. The van der Waals surface area contributed by atoms with Gasteiger partial charge in [-0.2, -0.15) is 0 Å². The van der Waals surface area contributed by atoms with Crippen molar-refractivity contribution in [1.29, 1.82) is 0 Å². The molecular weight excluding hydrogens is 265 g/mol. The van der Waals surface area contributed by atoms with Crippen LogP contribution in [0.4, 0.5) is 0 Å². The van der Waals surface area contributed by atoms with E-state index < -0.39 is 0 Å². The average molecular weight is 275 g/mol. The Morgan fingerprint density at radius 2 is 2.17 bits per heavy atom. The molecule has 12 heavy (non-hydrogen) atoms. The Labute approximate surface area is 85.5 Å². The molecule has 0 saturated carbocycles. The molecule has 1 amide bonds. The van der Waals surface area contributed by atoms with Crippen LogP contribution in [0.15, 0.2) is 24.3 Å². The van der Waals surface area contributed by atoms with E-state index in [0.717, 1.165) is 9.13 Å². The van der Waals surface area contributed by atoms with Gasteiger partial charge in [-0.15, -0.1) is 0 Å². The lowest BCUT2D eigenvalue weighted by Crippen LogP contribution is -2.23. The predicted molar refractivity (Wildman–Crippen MR) is 57.2 cm³/mol. The smallest absolute Gasteiger partial charge is 0.252 e. The Balaban J connectivity index is 2.87. The van der Waals surface area contributed by atoms with Gasteiger partial charge >= 0.3 is 0 Å². The molecule has 2 nitrogen and oxygen atoms in total. The molecule has 0 aliphatic carbocycles. The van der Waals surface area contributed by atoms with E-state index in [1.807, 2.05) is 31.2 Å². The highest BCUT2D eigenvalue weighted by molar-refractivity contribution is 14.1. The van der Waals surface area contributed by atoms with Crippen molar-refractivity contribution in [2.75, 3.05) is 6.54 Å². The van der Waals surface area contributed by atoms with Crippen LogP contribution in [0, 0.1) is 3.57 Å². The van der Waals surface area contributed by atoms with Gasteiger partial charge in [0.05, 0.1) is 5.56 Å². The first-order valence-corrected chi connectivity index (χ1v) is 4.86. The fourth-order valence-corrected chi connectivity index (χ4v) is 1.53. The van der Waals surface area contributed by atoms with Crippen LogP contribution in [-0.4, -0.2) is 12.5 Å². The third kappa shape index (κ3) is 2.20. The van der Waals surface area contributed by atoms with Gasteiger partial charge in [0.15, 0.2) is 0 Å². The summed E-state index contributed by atoms with van der Waals surface area (Å²) >= 11 is 2.15. The molecular formula is C9H10INO. The Hall–Kier alpha value is -0.580. The van der Waals surface area contributed by atoms with Crippen LogP contribution in [0.5, 0.6) is 0 Å². The van der Waals surface area contributed by atoms with Crippen molar-refractivity contribution in [3.8, 4) is 0 Å². The van der Waals surface area contributed by atoms with Crippen LogP contribution in [-0.2, 0) is 0 Å². The first-order valence-electron chi connectivity index (χ1n) is 3.78. The summed E-state index contributed by atoms with van der Waals surface area (Å²) in [6.07, 6.45) is 0. The zero-order valence-corrected chi connectivity index (χ0v) is 8.96. The minimum Gasteiger partial charge on any atom is -0.352 e. The zero-order chi connectivity index (χ0) is 8.97. The average Bonchev–Trinajstić information content (AvgIpc) is 2.05. The van der Waals surface area contributed by atoms with E-state index in [9.17, 15) is 4.79 Å². The summed E-state index contributed by atoms with van der Waals surface area (Å²) in [7, 11) is 0. The van der Waals surface area contributed by atoms with Gasteiger partial charge in [-0.1, -0.05) is 12.1 Å². The van der Waals surface area contributed by atoms with E-state index >= 15 is 0 Å². The van der Waals surface area contributed by atoms with Gasteiger partial charge in [-0.3, -0.25) is 4.79 Å². The Morgan fingerprint density at radius 3 is 2.75 bits per heavy atom. The predicted octanol–water partition coefficient (Wildman–Crippen LogP) is 2.04. The second-order valence-electron chi connectivity index (χ2n) is 2.34. The molecule has 0 spiro atoms. The molecule has 0 radical (unpaired) electrons. The monoisotopic (exact) mass is 275 g/mol. The summed E-state index contributed by atoms with van der Waals surface area (Å²) in [6.45, 7) is 2.58. The van der Waals surface area contributed by atoms with Gasteiger partial charge in [-0.05, 0) is 41.6 Å². The van der Waals surface area contributed by atoms with E-state index in [4.69, 9.17) is 0 Å². The van der Waals surface area contributed by atoms with Gasteiger partial charge in [0.25, 0.3) is 5.91 Å². The van der Waals surface area contributed by atoms with Crippen LogP contribution < -0.4 is 5.32 Å². The molecule has 0 bridgehead atoms. The van der Waals surface area contributed by atoms with Crippen LogP contribution in [0.25, 0.3) is 0 Å². The number of hydrogen-bond donors (Lipinski definition) is 1. The van der Waals surface area contributed by atoms with Crippen molar-refractivity contribution in [2.24, 2.45) is 0 Å². The summed E-state index contributed by atoms with van der Waals surface area (Å²) in [6, 6.07) is 7.54. The number of rotatable bonds is 2. The molecule has 0 aliphatic heterocycles. The summed E-state index contributed by atoms with van der Waals surface area (Å²) in [5.74, 6) is 0.00231. The van der Waals surface area contributed by atoms with E-state index in [2.05, 4.69) is 27.9 Å². The van der Waals surface area contributed by atoms with E-state index in [1.165, 1.54) is 0 Å². The third-order valence-corrected chi connectivity index (χ3v) is 2.40.